The lowest BCUT2D eigenvalue weighted by Crippen LogP contribution is -2.43. The summed E-state index contributed by atoms with van der Waals surface area (Å²) < 4.78 is 33.6. The van der Waals surface area contributed by atoms with Crippen LogP contribution >= 0.6 is 0 Å². The SMILES string of the molecule is CCN(CC)CCC(=O)N(CCc1c[nH]c2ccc(C)cc12)C(C(=O)Nc1ccc(F)cc1)c1ccc(OC)c(F)c1. The number of rotatable bonds is 13. The van der Waals surface area contributed by atoms with Crippen molar-refractivity contribution in [1.82, 2.24) is 14.8 Å². The Bertz CT molecular complexity index is 1520. The number of hydrogen-bond donors (Lipinski definition) is 2. The third-order valence-corrected chi connectivity index (χ3v) is 7.57. The molecule has 1 atom stereocenters. The lowest BCUT2D eigenvalue weighted by Gasteiger charge is -2.32. The molecule has 0 spiro atoms. The number of fused-ring (bicyclic) bond motifs is 1. The fraction of sp³-hybridized carbons (Fsp3) is 0.333. The smallest absolute Gasteiger partial charge is 0.251 e. The molecule has 222 valence electrons. The van der Waals surface area contributed by atoms with Crippen LogP contribution in [0, 0.1) is 18.6 Å². The molecular formula is C33H38F2N4O3. The van der Waals surface area contributed by atoms with Gasteiger partial charge in [0.2, 0.25) is 5.91 Å². The number of ether oxygens (including phenoxy) is 1. The van der Waals surface area contributed by atoms with Crippen molar-refractivity contribution < 1.29 is 23.1 Å². The van der Waals surface area contributed by atoms with Crippen molar-refractivity contribution in [2.45, 2.75) is 39.7 Å². The summed E-state index contributed by atoms with van der Waals surface area (Å²) in [6.45, 7) is 8.40. The summed E-state index contributed by atoms with van der Waals surface area (Å²) in [6.07, 6.45) is 2.58. The minimum atomic E-state index is -1.15. The van der Waals surface area contributed by atoms with Gasteiger partial charge >= 0.3 is 0 Å². The predicted octanol–water partition coefficient (Wildman–Crippen LogP) is 6.25. The van der Waals surface area contributed by atoms with Crippen LogP contribution in [-0.4, -0.2) is 59.9 Å². The van der Waals surface area contributed by atoms with E-state index in [1.54, 1.807) is 6.07 Å². The van der Waals surface area contributed by atoms with Crippen LogP contribution < -0.4 is 10.1 Å². The number of benzene rings is 3. The highest BCUT2D eigenvalue weighted by atomic mass is 19.1. The Hall–Kier alpha value is -4.24. The molecule has 0 fully saturated rings. The number of H-pyrrole nitrogens is 1. The lowest BCUT2D eigenvalue weighted by atomic mass is 10.0. The maximum Gasteiger partial charge on any atom is 0.251 e. The standard InChI is InChI=1S/C33H38F2N4O3/c1-5-38(6-2)17-16-31(40)39(18-15-24-21-36-29-13-7-22(3)19-27(24)29)32(23-8-14-30(42-4)28(35)20-23)33(41)37-26-11-9-25(34)10-12-26/h7-14,19-21,32,36H,5-6,15-18H2,1-4H3,(H,37,41). The van der Waals surface area contributed by atoms with E-state index in [1.807, 2.05) is 39.1 Å². The molecule has 4 rings (SSSR count). The van der Waals surface area contributed by atoms with Gasteiger partial charge in [-0.3, -0.25) is 9.59 Å². The van der Waals surface area contributed by atoms with Gasteiger partial charge in [0.25, 0.3) is 5.91 Å². The average Bonchev–Trinajstić information content (AvgIpc) is 3.38. The van der Waals surface area contributed by atoms with Gasteiger partial charge in [-0.15, -0.1) is 0 Å². The van der Waals surface area contributed by atoms with E-state index in [2.05, 4.69) is 21.3 Å². The van der Waals surface area contributed by atoms with Crippen molar-refractivity contribution in [2.75, 3.05) is 38.6 Å². The molecule has 0 saturated carbocycles. The summed E-state index contributed by atoms with van der Waals surface area (Å²) in [5, 5.41) is 3.85. The number of nitrogens with one attached hydrogen (secondary N) is 2. The van der Waals surface area contributed by atoms with E-state index in [-0.39, 0.29) is 24.6 Å². The summed E-state index contributed by atoms with van der Waals surface area (Å²) in [5.41, 5.74) is 3.77. The number of aromatic nitrogens is 1. The molecule has 42 heavy (non-hydrogen) atoms. The number of anilines is 1. The summed E-state index contributed by atoms with van der Waals surface area (Å²) in [4.78, 5) is 34.8. The average molecular weight is 577 g/mol. The van der Waals surface area contributed by atoms with E-state index >= 15 is 0 Å². The second-order valence-corrected chi connectivity index (χ2v) is 10.3. The summed E-state index contributed by atoms with van der Waals surface area (Å²) in [5.74, 6) is -1.81. The van der Waals surface area contributed by atoms with Gasteiger partial charge < -0.3 is 24.8 Å². The number of aromatic amines is 1. The zero-order valence-electron chi connectivity index (χ0n) is 24.5. The van der Waals surface area contributed by atoms with Gasteiger partial charge in [0.05, 0.1) is 7.11 Å². The maximum atomic E-state index is 15.0. The van der Waals surface area contributed by atoms with Crippen molar-refractivity contribution in [3.05, 3.63) is 95.2 Å². The first kappa shape index (κ1) is 30.7. The van der Waals surface area contributed by atoms with Crippen LogP contribution in [0.2, 0.25) is 0 Å². The van der Waals surface area contributed by atoms with E-state index in [1.165, 1.54) is 48.4 Å². The number of amides is 2. The molecule has 1 aromatic heterocycles. The van der Waals surface area contributed by atoms with Crippen LogP contribution in [0.15, 0.2) is 66.9 Å². The van der Waals surface area contributed by atoms with Crippen LogP contribution in [0.4, 0.5) is 14.5 Å². The lowest BCUT2D eigenvalue weighted by molar-refractivity contribution is -0.139. The Balaban J connectivity index is 1.73. The molecule has 2 N–H and O–H groups in total. The van der Waals surface area contributed by atoms with Gasteiger partial charge in [-0.25, -0.2) is 8.78 Å². The minimum Gasteiger partial charge on any atom is -0.494 e. The number of halogens is 2. The first-order chi connectivity index (χ1) is 20.2. The fourth-order valence-corrected chi connectivity index (χ4v) is 5.14. The monoisotopic (exact) mass is 576 g/mol. The molecule has 0 aliphatic carbocycles. The topological polar surface area (TPSA) is 77.7 Å². The molecule has 0 aliphatic heterocycles. The molecule has 0 aliphatic rings. The van der Waals surface area contributed by atoms with E-state index in [0.717, 1.165) is 35.1 Å². The van der Waals surface area contributed by atoms with Crippen molar-refractivity contribution in [2.24, 2.45) is 0 Å². The highest BCUT2D eigenvalue weighted by Gasteiger charge is 2.32. The van der Waals surface area contributed by atoms with Gasteiger partial charge in [-0.2, -0.15) is 0 Å². The Labute approximate surface area is 245 Å². The largest absolute Gasteiger partial charge is 0.494 e. The Kier molecular flexibility index (Phi) is 10.3. The van der Waals surface area contributed by atoms with Crippen LogP contribution in [0.25, 0.3) is 10.9 Å². The van der Waals surface area contributed by atoms with Crippen LogP contribution in [-0.2, 0) is 16.0 Å². The van der Waals surface area contributed by atoms with Crippen molar-refractivity contribution >= 4 is 28.4 Å². The molecular weight excluding hydrogens is 538 g/mol. The number of aryl methyl sites for hydroxylation is 1. The Morgan fingerprint density at radius 2 is 1.71 bits per heavy atom. The summed E-state index contributed by atoms with van der Waals surface area (Å²) >= 11 is 0. The second-order valence-electron chi connectivity index (χ2n) is 10.3. The number of carbonyl (C=O) groups excluding carboxylic acids is 2. The highest BCUT2D eigenvalue weighted by molar-refractivity contribution is 5.98. The number of methoxy groups -OCH3 is 1. The molecule has 9 heteroatoms. The van der Waals surface area contributed by atoms with Crippen molar-refractivity contribution in [1.29, 1.82) is 0 Å². The van der Waals surface area contributed by atoms with Crippen LogP contribution in [0.3, 0.4) is 0 Å². The minimum absolute atomic E-state index is 0.0324. The number of hydrogen-bond acceptors (Lipinski definition) is 4. The number of nitrogens with zero attached hydrogens (tertiary/aromatic N) is 2. The van der Waals surface area contributed by atoms with Crippen LogP contribution in [0.5, 0.6) is 5.75 Å². The van der Waals surface area contributed by atoms with Crippen molar-refractivity contribution in [3.8, 4) is 5.75 Å². The van der Waals surface area contributed by atoms with Gasteiger partial charge in [0.1, 0.15) is 11.9 Å². The zero-order chi connectivity index (χ0) is 30.2. The Morgan fingerprint density at radius 1 is 0.976 bits per heavy atom. The van der Waals surface area contributed by atoms with E-state index in [0.29, 0.717) is 24.2 Å². The molecule has 1 unspecified atom stereocenters. The number of carbonyl (C=O) groups is 2. The highest BCUT2D eigenvalue weighted by Crippen LogP contribution is 2.29. The Morgan fingerprint density at radius 3 is 2.38 bits per heavy atom. The van der Waals surface area contributed by atoms with Gasteiger partial charge in [-0.1, -0.05) is 31.5 Å². The maximum absolute atomic E-state index is 15.0. The fourth-order valence-electron chi connectivity index (χ4n) is 5.14. The second kappa shape index (κ2) is 14.1. The first-order valence-corrected chi connectivity index (χ1v) is 14.2. The predicted molar refractivity (Wildman–Crippen MR) is 162 cm³/mol. The third-order valence-electron chi connectivity index (χ3n) is 7.57. The zero-order valence-corrected chi connectivity index (χ0v) is 24.5. The van der Waals surface area contributed by atoms with E-state index < -0.39 is 23.6 Å². The molecule has 0 saturated heterocycles. The molecule has 7 nitrogen and oxygen atoms in total. The first-order valence-electron chi connectivity index (χ1n) is 14.2. The van der Waals surface area contributed by atoms with Gasteiger partial charge in [0.15, 0.2) is 11.6 Å². The molecule has 2 amide bonds. The third kappa shape index (κ3) is 7.33. The molecule has 0 bridgehead atoms. The molecule has 0 radical (unpaired) electrons. The van der Waals surface area contributed by atoms with Gasteiger partial charge in [0, 0.05) is 42.3 Å². The van der Waals surface area contributed by atoms with Crippen molar-refractivity contribution in [3.63, 3.8) is 0 Å². The molecule has 3 aromatic carbocycles. The van der Waals surface area contributed by atoms with Gasteiger partial charge in [-0.05, 0) is 86.1 Å². The van der Waals surface area contributed by atoms with Crippen LogP contribution in [0.1, 0.15) is 43.0 Å². The normalized spacial score (nSPS) is 12.0. The molecule has 1 heterocycles. The quantitative estimate of drug-likeness (QED) is 0.197. The summed E-state index contributed by atoms with van der Waals surface area (Å²) in [7, 11) is 1.36. The van der Waals surface area contributed by atoms with E-state index in [4.69, 9.17) is 4.74 Å². The summed E-state index contributed by atoms with van der Waals surface area (Å²) in [6, 6.07) is 14.6. The van der Waals surface area contributed by atoms with E-state index in [9.17, 15) is 18.4 Å². The molecule has 4 aromatic rings.